The first-order valence-electron chi connectivity index (χ1n) is 8.49. The lowest BCUT2D eigenvalue weighted by atomic mass is 9.87. The normalized spacial score (nSPS) is 11.7. The standard InChI is InChI=1S/C20H20Cl2N2O3/c1-20(2,3)12-4-6-14(7-5-12)27-9-8-24-18-15(17(23-26)19(24)25)10-13(21)11-16(18)22/h4-7,10-11,25H,8-9H2,1-3H3. The van der Waals surface area contributed by atoms with E-state index in [1.165, 1.54) is 10.1 Å². The van der Waals surface area contributed by atoms with E-state index in [0.29, 0.717) is 27.5 Å². The lowest BCUT2D eigenvalue weighted by Crippen LogP contribution is -2.11. The van der Waals surface area contributed by atoms with Crippen molar-refractivity contribution in [1.82, 2.24) is 4.57 Å². The van der Waals surface area contributed by atoms with Crippen LogP contribution in [0, 0.1) is 4.91 Å². The summed E-state index contributed by atoms with van der Waals surface area (Å²) in [4.78, 5) is 11.1. The number of nitroso groups, excluding NO2 is 1. The van der Waals surface area contributed by atoms with Crippen molar-refractivity contribution in [3.8, 4) is 11.6 Å². The topological polar surface area (TPSA) is 63.8 Å². The lowest BCUT2D eigenvalue weighted by molar-refractivity contribution is 0.290. The molecule has 0 atom stereocenters. The van der Waals surface area contributed by atoms with E-state index in [2.05, 4.69) is 25.9 Å². The predicted molar refractivity (Wildman–Crippen MR) is 110 cm³/mol. The minimum Gasteiger partial charge on any atom is -0.493 e. The van der Waals surface area contributed by atoms with Gasteiger partial charge < -0.3 is 14.4 Å². The van der Waals surface area contributed by atoms with Crippen LogP contribution >= 0.6 is 23.2 Å². The van der Waals surface area contributed by atoms with Crippen molar-refractivity contribution >= 4 is 39.8 Å². The van der Waals surface area contributed by atoms with E-state index in [1.807, 2.05) is 24.3 Å². The smallest absolute Gasteiger partial charge is 0.222 e. The summed E-state index contributed by atoms with van der Waals surface area (Å²) in [6, 6.07) is 11.0. The van der Waals surface area contributed by atoms with Gasteiger partial charge in [0.15, 0.2) is 5.69 Å². The molecule has 0 saturated carbocycles. The van der Waals surface area contributed by atoms with Gasteiger partial charge in [0.2, 0.25) is 5.88 Å². The molecular formula is C20H20Cl2N2O3. The maximum Gasteiger partial charge on any atom is 0.222 e. The van der Waals surface area contributed by atoms with Crippen molar-refractivity contribution < 1.29 is 9.84 Å². The Labute approximate surface area is 167 Å². The van der Waals surface area contributed by atoms with Crippen LogP contribution in [0.3, 0.4) is 0 Å². The van der Waals surface area contributed by atoms with E-state index in [1.54, 1.807) is 12.1 Å². The van der Waals surface area contributed by atoms with Crippen LogP contribution < -0.4 is 4.74 Å². The maximum absolute atomic E-state index is 11.1. The summed E-state index contributed by atoms with van der Waals surface area (Å²) in [5.74, 6) is 0.470. The van der Waals surface area contributed by atoms with Crippen molar-refractivity contribution in [2.45, 2.75) is 32.7 Å². The van der Waals surface area contributed by atoms with Gasteiger partial charge in [0.25, 0.3) is 0 Å². The van der Waals surface area contributed by atoms with Crippen LogP contribution in [-0.2, 0) is 12.0 Å². The third kappa shape index (κ3) is 3.89. The number of aromatic hydroxyl groups is 1. The van der Waals surface area contributed by atoms with Crippen LogP contribution in [0.15, 0.2) is 41.6 Å². The lowest BCUT2D eigenvalue weighted by Gasteiger charge is -2.19. The molecule has 0 bridgehead atoms. The third-order valence-corrected chi connectivity index (χ3v) is 4.92. The zero-order valence-corrected chi connectivity index (χ0v) is 16.8. The Morgan fingerprint density at radius 3 is 2.41 bits per heavy atom. The van der Waals surface area contributed by atoms with Crippen molar-refractivity contribution in [3.05, 3.63) is 56.9 Å². The van der Waals surface area contributed by atoms with Gasteiger partial charge in [0, 0.05) is 10.4 Å². The fraction of sp³-hybridized carbons (Fsp3) is 0.300. The van der Waals surface area contributed by atoms with E-state index >= 15 is 0 Å². The molecule has 0 spiro atoms. The summed E-state index contributed by atoms with van der Waals surface area (Å²) in [6.45, 7) is 7.02. The highest BCUT2D eigenvalue weighted by Crippen LogP contribution is 2.42. The number of hydrogen-bond donors (Lipinski definition) is 1. The number of fused-ring (bicyclic) bond motifs is 1. The molecule has 0 aliphatic heterocycles. The van der Waals surface area contributed by atoms with Gasteiger partial charge in [-0.25, -0.2) is 0 Å². The van der Waals surface area contributed by atoms with Gasteiger partial charge in [-0.1, -0.05) is 56.1 Å². The quantitative estimate of drug-likeness (QED) is 0.496. The molecule has 142 valence electrons. The van der Waals surface area contributed by atoms with Crippen LogP contribution in [-0.4, -0.2) is 16.3 Å². The molecule has 0 amide bonds. The first-order valence-corrected chi connectivity index (χ1v) is 9.25. The van der Waals surface area contributed by atoms with Crippen LogP contribution in [0.2, 0.25) is 10.0 Å². The zero-order chi connectivity index (χ0) is 19.8. The monoisotopic (exact) mass is 406 g/mol. The highest BCUT2D eigenvalue weighted by molar-refractivity contribution is 6.39. The van der Waals surface area contributed by atoms with E-state index in [4.69, 9.17) is 27.9 Å². The van der Waals surface area contributed by atoms with Crippen LogP contribution in [0.25, 0.3) is 10.9 Å². The Hall–Kier alpha value is -2.24. The summed E-state index contributed by atoms with van der Waals surface area (Å²) in [6.07, 6.45) is 0. The molecule has 7 heteroatoms. The number of halogens is 2. The molecule has 3 aromatic rings. The molecule has 27 heavy (non-hydrogen) atoms. The summed E-state index contributed by atoms with van der Waals surface area (Å²) < 4.78 is 7.29. The van der Waals surface area contributed by atoms with E-state index in [9.17, 15) is 10.0 Å². The molecular weight excluding hydrogens is 387 g/mol. The molecule has 0 unspecified atom stereocenters. The molecule has 1 aromatic heterocycles. The Morgan fingerprint density at radius 1 is 1.15 bits per heavy atom. The van der Waals surface area contributed by atoms with E-state index in [-0.39, 0.29) is 23.6 Å². The first kappa shape index (κ1) is 19.5. The molecule has 0 aliphatic carbocycles. The third-order valence-electron chi connectivity index (χ3n) is 4.42. The summed E-state index contributed by atoms with van der Waals surface area (Å²) in [7, 11) is 0. The van der Waals surface area contributed by atoms with Crippen LogP contribution in [0.5, 0.6) is 11.6 Å². The van der Waals surface area contributed by atoms with Gasteiger partial charge in [-0.15, -0.1) is 4.91 Å². The molecule has 0 aliphatic rings. The van der Waals surface area contributed by atoms with E-state index < -0.39 is 0 Å². The van der Waals surface area contributed by atoms with Crippen molar-refractivity contribution in [2.24, 2.45) is 5.18 Å². The Kier molecular flexibility index (Phi) is 5.36. The predicted octanol–water partition coefficient (Wildman–Crippen LogP) is 6.43. The maximum atomic E-state index is 11.1. The molecule has 1 heterocycles. The van der Waals surface area contributed by atoms with Crippen molar-refractivity contribution in [1.29, 1.82) is 0 Å². The van der Waals surface area contributed by atoms with Gasteiger partial charge in [-0.2, -0.15) is 0 Å². The Bertz CT molecular complexity index is 989. The summed E-state index contributed by atoms with van der Waals surface area (Å²) >= 11 is 12.3. The second kappa shape index (κ2) is 7.41. The second-order valence-electron chi connectivity index (χ2n) is 7.32. The van der Waals surface area contributed by atoms with Crippen LogP contribution in [0.4, 0.5) is 5.69 Å². The van der Waals surface area contributed by atoms with Gasteiger partial charge in [-0.3, -0.25) is 0 Å². The van der Waals surface area contributed by atoms with Crippen molar-refractivity contribution in [3.63, 3.8) is 0 Å². The number of rotatable bonds is 5. The largest absolute Gasteiger partial charge is 0.493 e. The molecule has 0 fully saturated rings. The number of nitrogens with zero attached hydrogens (tertiary/aromatic N) is 2. The molecule has 0 saturated heterocycles. The highest BCUT2D eigenvalue weighted by atomic mass is 35.5. The minimum atomic E-state index is -0.254. The molecule has 0 radical (unpaired) electrons. The molecule has 1 N–H and O–H groups in total. The average molecular weight is 407 g/mol. The summed E-state index contributed by atoms with van der Waals surface area (Å²) in [5, 5.41) is 14.4. The number of aromatic nitrogens is 1. The van der Waals surface area contributed by atoms with E-state index in [0.717, 1.165) is 5.75 Å². The van der Waals surface area contributed by atoms with Gasteiger partial charge >= 0.3 is 0 Å². The Balaban J connectivity index is 1.81. The number of benzene rings is 2. The zero-order valence-electron chi connectivity index (χ0n) is 15.3. The van der Waals surface area contributed by atoms with Gasteiger partial charge in [-0.05, 0) is 40.4 Å². The highest BCUT2D eigenvalue weighted by Gasteiger charge is 2.20. The van der Waals surface area contributed by atoms with Crippen LogP contribution in [0.1, 0.15) is 26.3 Å². The second-order valence-corrected chi connectivity index (χ2v) is 8.17. The van der Waals surface area contributed by atoms with Gasteiger partial charge in [0.05, 0.1) is 17.1 Å². The number of hydrogen-bond acceptors (Lipinski definition) is 4. The first-order chi connectivity index (χ1) is 12.7. The molecule has 3 rings (SSSR count). The van der Waals surface area contributed by atoms with Gasteiger partial charge in [0.1, 0.15) is 12.4 Å². The molecule has 2 aromatic carbocycles. The number of ether oxygens (including phenoxy) is 1. The fourth-order valence-corrected chi connectivity index (χ4v) is 3.58. The SMILES string of the molecule is CC(C)(C)c1ccc(OCCn2c(O)c(N=O)c3cc(Cl)cc(Cl)c32)cc1. The minimum absolute atomic E-state index is 0.0740. The molecule has 5 nitrogen and oxygen atoms in total. The Morgan fingerprint density at radius 2 is 1.81 bits per heavy atom. The summed E-state index contributed by atoms with van der Waals surface area (Å²) in [5.41, 5.74) is 1.71. The fourth-order valence-electron chi connectivity index (χ4n) is 2.99. The average Bonchev–Trinajstić information content (AvgIpc) is 2.86. The van der Waals surface area contributed by atoms with Crippen molar-refractivity contribution in [2.75, 3.05) is 6.61 Å².